The van der Waals surface area contributed by atoms with Crippen LogP contribution >= 0.6 is 11.6 Å². The summed E-state index contributed by atoms with van der Waals surface area (Å²) in [7, 11) is 0. The third-order valence-electron chi connectivity index (χ3n) is 6.43. The Morgan fingerprint density at radius 1 is 1.19 bits per heavy atom. The SMILES string of the molecule is CCC(C)C(CN(Cc1ccccc1Cl)C(C)=O)NC(=O)Cc1cncn1Cc1ccc(C#N)cc1. The van der Waals surface area contributed by atoms with Crippen molar-refractivity contribution in [3.05, 3.63) is 88.5 Å². The molecule has 2 amide bonds. The Kier molecular flexibility index (Phi) is 9.66. The standard InChI is InChI=1S/C28H32ClN5O2/c1-4-20(2)27(18-33(21(3)35)17-24-7-5-6-8-26(24)29)32-28(36)13-25-15-31-19-34(25)16-23-11-9-22(14-30)10-12-23/h5-12,15,19-20,27H,4,13,16-18H2,1-3H3,(H,32,36). The summed E-state index contributed by atoms with van der Waals surface area (Å²) in [4.78, 5) is 31.5. The van der Waals surface area contributed by atoms with E-state index in [4.69, 9.17) is 16.9 Å². The molecule has 1 heterocycles. The summed E-state index contributed by atoms with van der Waals surface area (Å²) in [5.41, 5.74) is 3.28. The molecule has 3 aromatic rings. The molecule has 0 radical (unpaired) electrons. The molecule has 3 rings (SSSR count). The van der Waals surface area contributed by atoms with Crippen LogP contribution in [0.2, 0.25) is 5.02 Å². The normalized spacial score (nSPS) is 12.4. The first-order valence-electron chi connectivity index (χ1n) is 12.1. The van der Waals surface area contributed by atoms with Crippen LogP contribution in [0.3, 0.4) is 0 Å². The molecule has 2 unspecified atom stereocenters. The minimum atomic E-state index is -0.205. The number of aromatic nitrogens is 2. The first-order chi connectivity index (χ1) is 17.3. The summed E-state index contributed by atoms with van der Waals surface area (Å²) >= 11 is 6.32. The molecule has 0 fully saturated rings. The lowest BCUT2D eigenvalue weighted by atomic mass is 9.98. The van der Waals surface area contributed by atoms with Crippen LogP contribution in [-0.4, -0.2) is 38.9 Å². The largest absolute Gasteiger partial charge is 0.351 e. The zero-order valence-corrected chi connectivity index (χ0v) is 21.7. The average Bonchev–Trinajstić information content (AvgIpc) is 3.30. The second kappa shape index (κ2) is 12.9. The number of hydrogen-bond donors (Lipinski definition) is 1. The van der Waals surface area contributed by atoms with Gasteiger partial charge in [-0.05, 0) is 35.2 Å². The monoisotopic (exact) mass is 505 g/mol. The predicted octanol–water partition coefficient (Wildman–Crippen LogP) is 4.58. The van der Waals surface area contributed by atoms with E-state index in [9.17, 15) is 9.59 Å². The lowest BCUT2D eigenvalue weighted by Crippen LogP contribution is -2.48. The first-order valence-corrected chi connectivity index (χ1v) is 12.4. The van der Waals surface area contributed by atoms with Gasteiger partial charge in [0.1, 0.15) is 0 Å². The Bertz CT molecular complexity index is 1220. The zero-order chi connectivity index (χ0) is 26.1. The molecule has 0 spiro atoms. The van der Waals surface area contributed by atoms with Crippen LogP contribution in [0.15, 0.2) is 61.1 Å². The molecule has 188 valence electrons. The minimum absolute atomic E-state index is 0.0713. The van der Waals surface area contributed by atoms with Gasteiger partial charge in [-0.25, -0.2) is 4.98 Å². The summed E-state index contributed by atoms with van der Waals surface area (Å²) in [5.74, 6) is -0.0216. The van der Waals surface area contributed by atoms with Gasteiger partial charge in [-0.1, -0.05) is 62.2 Å². The van der Waals surface area contributed by atoms with E-state index in [1.54, 1.807) is 29.6 Å². The van der Waals surface area contributed by atoms with Gasteiger partial charge >= 0.3 is 0 Å². The third-order valence-corrected chi connectivity index (χ3v) is 6.80. The topological polar surface area (TPSA) is 91.0 Å². The Balaban J connectivity index is 1.68. The molecule has 7 nitrogen and oxygen atoms in total. The molecule has 0 aliphatic carbocycles. The van der Waals surface area contributed by atoms with Crippen molar-refractivity contribution in [2.24, 2.45) is 5.92 Å². The molecule has 2 atom stereocenters. The number of hydrogen-bond acceptors (Lipinski definition) is 4. The van der Waals surface area contributed by atoms with Crippen molar-refractivity contribution in [3.63, 3.8) is 0 Å². The van der Waals surface area contributed by atoms with Gasteiger partial charge in [-0.2, -0.15) is 5.26 Å². The lowest BCUT2D eigenvalue weighted by molar-refractivity contribution is -0.131. The summed E-state index contributed by atoms with van der Waals surface area (Å²) in [5, 5.41) is 12.8. The molecule has 0 saturated heterocycles. The Morgan fingerprint density at radius 2 is 1.92 bits per heavy atom. The molecule has 1 N–H and O–H groups in total. The van der Waals surface area contributed by atoms with Crippen molar-refractivity contribution in [2.75, 3.05) is 6.54 Å². The smallest absolute Gasteiger partial charge is 0.226 e. The van der Waals surface area contributed by atoms with Crippen LogP contribution in [0.1, 0.15) is 49.6 Å². The highest BCUT2D eigenvalue weighted by atomic mass is 35.5. The van der Waals surface area contributed by atoms with Crippen LogP contribution in [-0.2, 0) is 29.1 Å². The molecule has 36 heavy (non-hydrogen) atoms. The van der Waals surface area contributed by atoms with Crippen LogP contribution in [0.25, 0.3) is 0 Å². The second-order valence-electron chi connectivity index (χ2n) is 9.05. The molecule has 1 aromatic heterocycles. The molecule has 2 aromatic carbocycles. The highest BCUT2D eigenvalue weighted by molar-refractivity contribution is 6.31. The number of halogens is 1. The number of carbonyl (C=O) groups is 2. The molecule has 0 bridgehead atoms. The highest BCUT2D eigenvalue weighted by Crippen LogP contribution is 2.19. The number of nitrogens with one attached hydrogen (secondary N) is 1. The Morgan fingerprint density at radius 3 is 2.56 bits per heavy atom. The van der Waals surface area contributed by atoms with Crippen LogP contribution in [0.5, 0.6) is 0 Å². The van der Waals surface area contributed by atoms with E-state index >= 15 is 0 Å². The quantitative estimate of drug-likeness (QED) is 0.413. The van der Waals surface area contributed by atoms with Gasteiger partial charge in [-0.3, -0.25) is 9.59 Å². The van der Waals surface area contributed by atoms with Gasteiger partial charge in [0.2, 0.25) is 11.8 Å². The fraction of sp³-hybridized carbons (Fsp3) is 0.357. The van der Waals surface area contributed by atoms with Gasteiger partial charge in [-0.15, -0.1) is 0 Å². The fourth-order valence-electron chi connectivity index (χ4n) is 3.97. The number of nitriles is 1. The van der Waals surface area contributed by atoms with Gasteiger partial charge in [0.15, 0.2) is 0 Å². The van der Waals surface area contributed by atoms with E-state index in [1.165, 1.54) is 6.92 Å². The number of amides is 2. The molecule has 8 heteroatoms. The van der Waals surface area contributed by atoms with Crippen LogP contribution in [0.4, 0.5) is 0 Å². The van der Waals surface area contributed by atoms with Crippen molar-refractivity contribution < 1.29 is 9.59 Å². The predicted molar refractivity (Wildman–Crippen MR) is 140 cm³/mol. The number of benzene rings is 2. The van der Waals surface area contributed by atoms with E-state index < -0.39 is 0 Å². The average molecular weight is 506 g/mol. The molecular weight excluding hydrogens is 474 g/mol. The molecule has 0 saturated carbocycles. The number of rotatable bonds is 11. The van der Waals surface area contributed by atoms with Crippen molar-refractivity contribution in [1.82, 2.24) is 19.8 Å². The second-order valence-corrected chi connectivity index (χ2v) is 9.46. The minimum Gasteiger partial charge on any atom is -0.351 e. The van der Waals surface area contributed by atoms with Crippen molar-refractivity contribution in [1.29, 1.82) is 5.26 Å². The van der Waals surface area contributed by atoms with Crippen LogP contribution < -0.4 is 5.32 Å². The zero-order valence-electron chi connectivity index (χ0n) is 20.9. The van der Waals surface area contributed by atoms with Crippen molar-refractivity contribution in [2.45, 2.75) is 52.7 Å². The summed E-state index contributed by atoms with van der Waals surface area (Å²) < 4.78 is 1.93. The van der Waals surface area contributed by atoms with E-state index in [0.717, 1.165) is 23.2 Å². The summed E-state index contributed by atoms with van der Waals surface area (Å²) in [6.45, 7) is 7.02. The van der Waals surface area contributed by atoms with Gasteiger partial charge < -0.3 is 14.8 Å². The highest BCUT2D eigenvalue weighted by Gasteiger charge is 2.24. The number of nitrogens with zero attached hydrogens (tertiary/aromatic N) is 4. The summed E-state index contributed by atoms with van der Waals surface area (Å²) in [6, 6.07) is 16.7. The van der Waals surface area contributed by atoms with E-state index in [2.05, 4.69) is 30.2 Å². The number of imidazole rings is 1. The van der Waals surface area contributed by atoms with Gasteiger partial charge in [0, 0.05) is 49.5 Å². The molecule has 0 aliphatic heterocycles. The van der Waals surface area contributed by atoms with Crippen molar-refractivity contribution in [3.8, 4) is 6.07 Å². The summed E-state index contributed by atoms with van der Waals surface area (Å²) in [6.07, 6.45) is 4.43. The third kappa shape index (κ3) is 7.43. The Hall–Kier alpha value is -3.63. The van der Waals surface area contributed by atoms with E-state index in [-0.39, 0.29) is 30.2 Å². The van der Waals surface area contributed by atoms with Gasteiger partial charge in [0.25, 0.3) is 0 Å². The maximum Gasteiger partial charge on any atom is 0.226 e. The Labute approximate surface area is 217 Å². The fourth-order valence-corrected chi connectivity index (χ4v) is 4.16. The van der Waals surface area contributed by atoms with E-state index in [0.29, 0.717) is 30.2 Å². The van der Waals surface area contributed by atoms with Gasteiger partial charge in [0.05, 0.1) is 24.4 Å². The molecular formula is C28H32ClN5O2. The maximum absolute atomic E-state index is 13.1. The lowest BCUT2D eigenvalue weighted by Gasteiger charge is -2.31. The van der Waals surface area contributed by atoms with Crippen LogP contribution in [0, 0.1) is 17.2 Å². The first kappa shape index (κ1) is 27.0. The molecule has 0 aliphatic rings. The van der Waals surface area contributed by atoms with E-state index in [1.807, 2.05) is 41.0 Å². The van der Waals surface area contributed by atoms with Crippen molar-refractivity contribution >= 4 is 23.4 Å². The number of carbonyl (C=O) groups excluding carboxylic acids is 2. The maximum atomic E-state index is 13.1.